The molecule has 1 fully saturated rings. The van der Waals surface area contributed by atoms with Crippen LogP contribution in [0.15, 0.2) is 0 Å². The van der Waals surface area contributed by atoms with Gasteiger partial charge in [0.15, 0.2) is 0 Å². The monoisotopic (exact) mass is 357 g/mol. The fourth-order valence-electron chi connectivity index (χ4n) is 2.12. The lowest BCUT2D eigenvalue weighted by molar-refractivity contribution is -0.135. The summed E-state index contributed by atoms with van der Waals surface area (Å²) < 4.78 is 31.0. The molecule has 1 unspecified atom stereocenters. The first-order valence-corrected chi connectivity index (χ1v) is 8.97. The standard InChI is InChI=1S/C13H27N3O4S.ClH/c1-11(2)20-8-9-21(18,19)16-6-4-15(5-7-16)13(17)12(3)10-14;/h11-12H,4-10,14H2,1-3H3;1H. The van der Waals surface area contributed by atoms with E-state index in [4.69, 9.17) is 10.5 Å². The summed E-state index contributed by atoms with van der Waals surface area (Å²) in [5.41, 5.74) is 5.49. The molecule has 0 bridgehead atoms. The molecule has 7 nitrogen and oxygen atoms in total. The number of carbonyl (C=O) groups is 1. The molecule has 0 aromatic heterocycles. The summed E-state index contributed by atoms with van der Waals surface area (Å²) in [5.74, 6) is -0.233. The maximum absolute atomic E-state index is 12.2. The molecule has 1 rings (SSSR count). The van der Waals surface area contributed by atoms with Crippen molar-refractivity contribution in [3.8, 4) is 0 Å². The number of sulfonamides is 1. The van der Waals surface area contributed by atoms with Crippen LogP contribution in [0.2, 0.25) is 0 Å². The summed E-state index contributed by atoms with van der Waals surface area (Å²) in [6.45, 7) is 7.56. The van der Waals surface area contributed by atoms with Crippen molar-refractivity contribution in [1.29, 1.82) is 0 Å². The van der Waals surface area contributed by atoms with E-state index in [9.17, 15) is 13.2 Å². The van der Waals surface area contributed by atoms with E-state index in [1.807, 2.05) is 13.8 Å². The van der Waals surface area contributed by atoms with Gasteiger partial charge in [0.25, 0.3) is 0 Å². The van der Waals surface area contributed by atoms with E-state index in [-0.39, 0.29) is 42.7 Å². The highest BCUT2D eigenvalue weighted by molar-refractivity contribution is 7.89. The van der Waals surface area contributed by atoms with Gasteiger partial charge in [-0.3, -0.25) is 4.79 Å². The maximum atomic E-state index is 12.2. The van der Waals surface area contributed by atoms with E-state index in [1.54, 1.807) is 11.8 Å². The lowest BCUT2D eigenvalue weighted by Gasteiger charge is -2.35. The number of hydrogen-bond donors (Lipinski definition) is 1. The Kier molecular flexibility index (Phi) is 9.49. The molecule has 22 heavy (non-hydrogen) atoms. The molecule has 1 aliphatic rings. The van der Waals surface area contributed by atoms with Crippen LogP contribution >= 0.6 is 12.4 Å². The Hall–Kier alpha value is -0.410. The quantitative estimate of drug-likeness (QED) is 0.687. The van der Waals surface area contributed by atoms with Gasteiger partial charge in [0.1, 0.15) is 0 Å². The summed E-state index contributed by atoms with van der Waals surface area (Å²) in [5, 5.41) is 0. The molecule has 1 amide bonds. The normalized spacial score (nSPS) is 18.1. The Balaban J connectivity index is 0.00000441. The van der Waals surface area contributed by atoms with Gasteiger partial charge in [-0.25, -0.2) is 8.42 Å². The summed E-state index contributed by atoms with van der Waals surface area (Å²) in [6, 6.07) is 0. The van der Waals surface area contributed by atoms with E-state index in [0.717, 1.165) is 0 Å². The maximum Gasteiger partial charge on any atom is 0.226 e. The van der Waals surface area contributed by atoms with Crippen LogP contribution in [0.4, 0.5) is 0 Å². The van der Waals surface area contributed by atoms with Gasteiger partial charge >= 0.3 is 0 Å². The second-order valence-electron chi connectivity index (χ2n) is 5.60. The molecule has 0 aromatic carbocycles. The van der Waals surface area contributed by atoms with Crippen LogP contribution in [-0.4, -0.2) is 74.7 Å². The Labute approximate surface area is 139 Å². The first-order chi connectivity index (χ1) is 9.77. The van der Waals surface area contributed by atoms with Crippen LogP contribution in [0.3, 0.4) is 0 Å². The summed E-state index contributed by atoms with van der Waals surface area (Å²) >= 11 is 0. The summed E-state index contributed by atoms with van der Waals surface area (Å²) in [4.78, 5) is 13.7. The number of amides is 1. The number of piperazine rings is 1. The zero-order chi connectivity index (χ0) is 16.0. The molecule has 1 aliphatic heterocycles. The highest BCUT2D eigenvalue weighted by atomic mass is 35.5. The van der Waals surface area contributed by atoms with Crippen LogP contribution < -0.4 is 5.73 Å². The van der Waals surface area contributed by atoms with Gasteiger partial charge in [0.2, 0.25) is 15.9 Å². The average Bonchev–Trinajstić information content (AvgIpc) is 2.45. The molecule has 0 spiro atoms. The Morgan fingerprint density at radius 3 is 2.18 bits per heavy atom. The third kappa shape index (κ3) is 6.37. The lowest BCUT2D eigenvalue weighted by Crippen LogP contribution is -2.52. The summed E-state index contributed by atoms with van der Waals surface area (Å²) in [6.07, 6.45) is 0.0208. The number of halogens is 1. The van der Waals surface area contributed by atoms with Crippen molar-refractivity contribution >= 4 is 28.3 Å². The molecule has 0 saturated carbocycles. The van der Waals surface area contributed by atoms with Crippen molar-refractivity contribution in [2.24, 2.45) is 11.7 Å². The van der Waals surface area contributed by atoms with E-state index < -0.39 is 10.0 Å². The van der Waals surface area contributed by atoms with Crippen molar-refractivity contribution in [1.82, 2.24) is 9.21 Å². The van der Waals surface area contributed by atoms with Crippen molar-refractivity contribution < 1.29 is 17.9 Å². The lowest BCUT2D eigenvalue weighted by atomic mass is 10.1. The van der Waals surface area contributed by atoms with Gasteiger partial charge in [0.05, 0.1) is 18.5 Å². The molecule has 0 aromatic rings. The molecule has 1 heterocycles. The third-order valence-corrected chi connectivity index (χ3v) is 5.35. The van der Waals surface area contributed by atoms with Gasteiger partial charge in [0, 0.05) is 38.6 Å². The Bertz CT molecular complexity index is 437. The number of ether oxygens (including phenoxy) is 1. The minimum atomic E-state index is -3.31. The second-order valence-corrected chi connectivity index (χ2v) is 7.69. The molecule has 0 aliphatic carbocycles. The highest BCUT2D eigenvalue weighted by Gasteiger charge is 2.29. The zero-order valence-corrected chi connectivity index (χ0v) is 15.2. The molecule has 9 heteroatoms. The van der Waals surface area contributed by atoms with Gasteiger partial charge in [-0.1, -0.05) is 6.92 Å². The fraction of sp³-hybridized carbons (Fsp3) is 0.923. The van der Waals surface area contributed by atoms with E-state index >= 15 is 0 Å². The van der Waals surface area contributed by atoms with Crippen LogP contribution in [-0.2, 0) is 19.6 Å². The van der Waals surface area contributed by atoms with Crippen LogP contribution in [0.25, 0.3) is 0 Å². The SMILES string of the molecule is CC(C)OCCS(=O)(=O)N1CCN(C(=O)C(C)CN)CC1.Cl. The molecule has 1 saturated heterocycles. The fourth-order valence-corrected chi connectivity index (χ4v) is 3.40. The minimum Gasteiger partial charge on any atom is -0.378 e. The van der Waals surface area contributed by atoms with Crippen molar-refractivity contribution in [3.05, 3.63) is 0 Å². The first kappa shape index (κ1) is 21.6. The van der Waals surface area contributed by atoms with Crippen LogP contribution in [0.1, 0.15) is 20.8 Å². The smallest absolute Gasteiger partial charge is 0.226 e. The number of carbonyl (C=O) groups excluding carboxylic acids is 1. The molecule has 0 radical (unpaired) electrons. The number of nitrogens with zero attached hydrogens (tertiary/aromatic N) is 2. The van der Waals surface area contributed by atoms with E-state index in [0.29, 0.717) is 32.7 Å². The predicted molar refractivity (Wildman–Crippen MR) is 88.5 cm³/mol. The van der Waals surface area contributed by atoms with E-state index in [1.165, 1.54) is 4.31 Å². The number of rotatable bonds is 7. The van der Waals surface area contributed by atoms with Gasteiger partial charge in [-0.2, -0.15) is 4.31 Å². The molecule has 132 valence electrons. The number of nitrogens with two attached hydrogens (primary N) is 1. The van der Waals surface area contributed by atoms with Gasteiger partial charge < -0.3 is 15.4 Å². The van der Waals surface area contributed by atoms with Gasteiger partial charge in [-0.15, -0.1) is 12.4 Å². The molecule has 2 N–H and O–H groups in total. The highest BCUT2D eigenvalue weighted by Crippen LogP contribution is 2.11. The molecule has 1 atom stereocenters. The Morgan fingerprint density at radius 1 is 1.18 bits per heavy atom. The van der Waals surface area contributed by atoms with Crippen molar-refractivity contribution in [2.75, 3.05) is 45.1 Å². The van der Waals surface area contributed by atoms with Crippen LogP contribution in [0, 0.1) is 5.92 Å². The largest absolute Gasteiger partial charge is 0.378 e. The van der Waals surface area contributed by atoms with E-state index in [2.05, 4.69) is 0 Å². The Morgan fingerprint density at radius 2 is 1.73 bits per heavy atom. The average molecular weight is 358 g/mol. The zero-order valence-electron chi connectivity index (χ0n) is 13.5. The van der Waals surface area contributed by atoms with Crippen molar-refractivity contribution in [2.45, 2.75) is 26.9 Å². The third-order valence-electron chi connectivity index (χ3n) is 3.51. The van der Waals surface area contributed by atoms with Crippen molar-refractivity contribution in [3.63, 3.8) is 0 Å². The molecular weight excluding hydrogens is 330 g/mol. The summed E-state index contributed by atoms with van der Waals surface area (Å²) in [7, 11) is -3.31. The first-order valence-electron chi connectivity index (χ1n) is 7.36. The van der Waals surface area contributed by atoms with Crippen LogP contribution in [0.5, 0.6) is 0 Å². The molecular formula is C13H28ClN3O4S. The second kappa shape index (κ2) is 9.67. The van der Waals surface area contributed by atoms with Gasteiger partial charge in [-0.05, 0) is 13.8 Å². The minimum absolute atomic E-state index is 0. The predicted octanol–water partition coefficient (Wildman–Crippen LogP) is -0.0980. The topological polar surface area (TPSA) is 92.9 Å². The number of hydrogen-bond acceptors (Lipinski definition) is 5.